The maximum Gasteiger partial charge on any atom is 0.408 e. The van der Waals surface area contributed by atoms with Crippen molar-refractivity contribution in [2.24, 2.45) is 0 Å². The molecule has 3 rings (SSSR count). The monoisotopic (exact) mass is 323 g/mol. The van der Waals surface area contributed by atoms with Crippen LogP contribution in [0.3, 0.4) is 0 Å². The Morgan fingerprint density at radius 2 is 1.54 bits per heavy atom. The summed E-state index contributed by atoms with van der Waals surface area (Å²) in [7, 11) is 0. The van der Waals surface area contributed by atoms with Crippen LogP contribution in [0.5, 0.6) is 0 Å². The molecule has 0 heterocycles. The lowest BCUT2D eigenvalue weighted by Crippen LogP contribution is -2.52. The number of alkyl carbamates (subject to hydrolysis) is 1. The molecule has 2 aromatic rings. The van der Waals surface area contributed by atoms with Crippen LogP contribution in [-0.4, -0.2) is 11.7 Å². The lowest BCUT2D eigenvalue weighted by Gasteiger charge is -2.43. The lowest BCUT2D eigenvalue weighted by atomic mass is 9.71. The molecule has 1 amide bonds. The minimum Gasteiger partial charge on any atom is -0.444 e. The number of hydrogen-bond donors (Lipinski definition) is 1. The van der Waals surface area contributed by atoms with Gasteiger partial charge in [-0.15, -0.1) is 0 Å². The average molecular weight is 323 g/mol. The number of nitrogens with one attached hydrogen (secondary N) is 1. The number of ether oxygens (including phenoxy) is 1. The Labute approximate surface area is 144 Å². The third-order valence-electron chi connectivity index (χ3n) is 4.49. The molecule has 1 fully saturated rings. The molecule has 3 nitrogen and oxygen atoms in total. The van der Waals surface area contributed by atoms with Gasteiger partial charge in [-0.1, -0.05) is 54.6 Å². The molecule has 0 radical (unpaired) electrons. The number of benzene rings is 2. The summed E-state index contributed by atoms with van der Waals surface area (Å²) in [6, 6.07) is 18.8. The molecule has 1 aliphatic carbocycles. The molecule has 0 aliphatic heterocycles. The summed E-state index contributed by atoms with van der Waals surface area (Å²) < 4.78 is 5.43. The van der Waals surface area contributed by atoms with Gasteiger partial charge in [-0.25, -0.2) is 4.79 Å². The second-order valence-corrected chi connectivity index (χ2v) is 7.51. The van der Waals surface area contributed by atoms with E-state index in [-0.39, 0.29) is 11.6 Å². The van der Waals surface area contributed by atoms with Crippen molar-refractivity contribution in [1.29, 1.82) is 0 Å². The van der Waals surface area contributed by atoms with Crippen molar-refractivity contribution in [3.05, 3.63) is 60.2 Å². The van der Waals surface area contributed by atoms with E-state index in [1.54, 1.807) is 0 Å². The zero-order chi connectivity index (χ0) is 17.2. The predicted octanol–water partition coefficient (Wildman–Crippen LogP) is 5.26. The maximum absolute atomic E-state index is 12.2. The topological polar surface area (TPSA) is 38.3 Å². The van der Waals surface area contributed by atoms with Gasteiger partial charge in [-0.05, 0) is 56.7 Å². The van der Waals surface area contributed by atoms with Gasteiger partial charge in [0.05, 0.1) is 5.54 Å². The first-order valence-corrected chi connectivity index (χ1v) is 8.55. The highest BCUT2D eigenvalue weighted by atomic mass is 16.6. The van der Waals surface area contributed by atoms with E-state index in [0.29, 0.717) is 0 Å². The van der Waals surface area contributed by atoms with Crippen LogP contribution in [-0.2, 0) is 10.3 Å². The molecule has 1 saturated carbocycles. The first-order valence-electron chi connectivity index (χ1n) is 8.55. The Hall–Kier alpha value is -2.29. The predicted molar refractivity (Wildman–Crippen MR) is 96.8 cm³/mol. The zero-order valence-corrected chi connectivity index (χ0v) is 14.6. The van der Waals surface area contributed by atoms with Gasteiger partial charge in [0.25, 0.3) is 0 Å². The third kappa shape index (κ3) is 3.61. The highest BCUT2D eigenvalue weighted by molar-refractivity contribution is 5.70. The maximum atomic E-state index is 12.2. The summed E-state index contributed by atoms with van der Waals surface area (Å²) >= 11 is 0. The second-order valence-electron chi connectivity index (χ2n) is 7.51. The number of carbonyl (C=O) groups is 1. The lowest BCUT2D eigenvalue weighted by molar-refractivity contribution is 0.0377. The van der Waals surface area contributed by atoms with Gasteiger partial charge in [0, 0.05) is 0 Å². The smallest absolute Gasteiger partial charge is 0.408 e. The van der Waals surface area contributed by atoms with Crippen molar-refractivity contribution in [1.82, 2.24) is 5.32 Å². The van der Waals surface area contributed by atoms with E-state index >= 15 is 0 Å². The fourth-order valence-electron chi connectivity index (χ4n) is 3.13. The first-order chi connectivity index (χ1) is 11.4. The first kappa shape index (κ1) is 16.6. The second kappa shape index (κ2) is 6.31. The molecule has 24 heavy (non-hydrogen) atoms. The van der Waals surface area contributed by atoms with Crippen LogP contribution >= 0.6 is 0 Å². The highest BCUT2D eigenvalue weighted by Crippen LogP contribution is 2.42. The van der Waals surface area contributed by atoms with Crippen molar-refractivity contribution in [3.8, 4) is 11.1 Å². The molecule has 1 aliphatic rings. The molecule has 0 saturated heterocycles. The Bertz CT molecular complexity index is 695. The van der Waals surface area contributed by atoms with Crippen LogP contribution in [0.2, 0.25) is 0 Å². The Kier molecular flexibility index (Phi) is 4.35. The summed E-state index contributed by atoms with van der Waals surface area (Å²) in [6.07, 6.45) is 2.69. The van der Waals surface area contributed by atoms with E-state index in [4.69, 9.17) is 4.74 Å². The molecule has 3 heteroatoms. The van der Waals surface area contributed by atoms with Gasteiger partial charge < -0.3 is 10.1 Å². The van der Waals surface area contributed by atoms with Crippen LogP contribution in [0.1, 0.15) is 45.6 Å². The summed E-state index contributed by atoms with van der Waals surface area (Å²) in [5, 5.41) is 3.10. The van der Waals surface area contributed by atoms with E-state index in [9.17, 15) is 4.79 Å². The minimum absolute atomic E-state index is 0.280. The third-order valence-corrected chi connectivity index (χ3v) is 4.49. The summed E-state index contributed by atoms with van der Waals surface area (Å²) in [4.78, 5) is 12.2. The van der Waals surface area contributed by atoms with Gasteiger partial charge in [-0.3, -0.25) is 0 Å². The molecule has 2 aromatic carbocycles. The molecule has 0 spiro atoms. The number of amides is 1. The Morgan fingerprint density at radius 3 is 2.04 bits per heavy atom. The van der Waals surface area contributed by atoms with Crippen molar-refractivity contribution in [3.63, 3.8) is 0 Å². The van der Waals surface area contributed by atoms with E-state index in [1.165, 1.54) is 11.1 Å². The van der Waals surface area contributed by atoms with Crippen molar-refractivity contribution < 1.29 is 9.53 Å². The SMILES string of the molecule is CC(C)(C)OC(=O)NC1(c2ccc(-c3ccccc3)cc2)CCC1. The summed E-state index contributed by atoms with van der Waals surface area (Å²) in [6.45, 7) is 5.65. The fraction of sp³-hybridized carbons (Fsp3) is 0.381. The van der Waals surface area contributed by atoms with Gasteiger partial charge in [-0.2, -0.15) is 0 Å². The van der Waals surface area contributed by atoms with Crippen LogP contribution in [0.4, 0.5) is 4.79 Å². The van der Waals surface area contributed by atoms with E-state index in [1.807, 2.05) is 39.0 Å². The van der Waals surface area contributed by atoms with Crippen molar-refractivity contribution in [2.45, 2.75) is 51.2 Å². The molecular formula is C21H25NO2. The van der Waals surface area contributed by atoms with E-state index in [2.05, 4.69) is 41.7 Å². The minimum atomic E-state index is -0.480. The number of hydrogen-bond acceptors (Lipinski definition) is 2. The van der Waals surface area contributed by atoms with Gasteiger partial charge in [0.15, 0.2) is 0 Å². The molecule has 126 valence electrons. The van der Waals surface area contributed by atoms with E-state index in [0.717, 1.165) is 24.8 Å². The van der Waals surface area contributed by atoms with Crippen LogP contribution in [0.15, 0.2) is 54.6 Å². The Morgan fingerprint density at radius 1 is 0.958 bits per heavy atom. The van der Waals surface area contributed by atoms with Crippen molar-refractivity contribution >= 4 is 6.09 Å². The van der Waals surface area contributed by atoms with Gasteiger partial charge >= 0.3 is 6.09 Å². The Balaban J connectivity index is 1.77. The summed E-state index contributed by atoms with van der Waals surface area (Å²) in [5.41, 5.74) is 2.78. The largest absolute Gasteiger partial charge is 0.444 e. The molecular weight excluding hydrogens is 298 g/mol. The average Bonchev–Trinajstić information content (AvgIpc) is 2.50. The van der Waals surface area contributed by atoms with Crippen LogP contribution < -0.4 is 5.32 Å². The van der Waals surface area contributed by atoms with Crippen LogP contribution in [0, 0.1) is 0 Å². The van der Waals surface area contributed by atoms with Crippen molar-refractivity contribution in [2.75, 3.05) is 0 Å². The van der Waals surface area contributed by atoms with Gasteiger partial charge in [0.1, 0.15) is 5.60 Å². The van der Waals surface area contributed by atoms with Crippen LogP contribution in [0.25, 0.3) is 11.1 Å². The molecule has 1 N–H and O–H groups in total. The molecule has 0 aromatic heterocycles. The summed E-state index contributed by atoms with van der Waals surface area (Å²) in [5.74, 6) is 0. The van der Waals surface area contributed by atoms with Gasteiger partial charge in [0.2, 0.25) is 0 Å². The number of rotatable bonds is 3. The molecule has 0 unspecified atom stereocenters. The molecule has 0 bridgehead atoms. The quantitative estimate of drug-likeness (QED) is 0.837. The van der Waals surface area contributed by atoms with E-state index < -0.39 is 5.60 Å². The molecule has 0 atom stereocenters. The zero-order valence-electron chi connectivity index (χ0n) is 14.6. The fourth-order valence-corrected chi connectivity index (χ4v) is 3.13. The highest BCUT2D eigenvalue weighted by Gasteiger charge is 2.41. The number of carbonyl (C=O) groups excluding carboxylic acids is 1. The normalized spacial score (nSPS) is 16.1. The standard InChI is InChI=1S/C21H25NO2/c1-20(2,3)24-19(23)22-21(14-7-15-21)18-12-10-17(11-13-18)16-8-5-4-6-9-16/h4-6,8-13H,7,14-15H2,1-3H3,(H,22,23).